The molecule has 1 N–H and O–H groups in total. The third-order valence-corrected chi connectivity index (χ3v) is 6.06. The Morgan fingerprint density at radius 2 is 1.67 bits per heavy atom. The Hall–Kier alpha value is -0.910. The molecule has 0 unspecified atom stereocenters. The molecule has 0 spiro atoms. The van der Waals surface area contributed by atoms with Crippen LogP contribution < -0.4 is 5.32 Å². The van der Waals surface area contributed by atoms with Crippen LogP contribution in [0.15, 0.2) is 35.2 Å². The van der Waals surface area contributed by atoms with Gasteiger partial charge in [-0.15, -0.1) is 0 Å². The molecule has 0 aliphatic carbocycles. The van der Waals surface area contributed by atoms with Gasteiger partial charge >= 0.3 is 0 Å². The quantitative estimate of drug-likeness (QED) is 0.892. The van der Waals surface area contributed by atoms with E-state index in [4.69, 9.17) is 0 Å². The van der Waals surface area contributed by atoms with Crippen LogP contribution in [0.3, 0.4) is 0 Å². The monoisotopic (exact) mass is 268 g/mol. The molecule has 1 heterocycles. The molecule has 0 radical (unpaired) electrons. The highest BCUT2D eigenvalue weighted by Gasteiger charge is 2.41. The van der Waals surface area contributed by atoms with Crippen LogP contribution in [-0.4, -0.2) is 44.4 Å². The summed E-state index contributed by atoms with van der Waals surface area (Å²) in [6, 6.07) is 8.69. The fourth-order valence-corrected chi connectivity index (χ4v) is 3.88. The van der Waals surface area contributed by atoms with Crippen molar-refractivity contribution in [1.29, 1.82) is 0 Å². The largest absolute Gasteiger partial charge is 0.314 e. The first-order valence-electron chi connectivity index (χ1n) is 6.22. The van der Waals surface area contributed by atoms with Crippen molar-refractivity contribution in [3.8, 4) is 0 Å². The first-order chi connectivity index (χ1) is 8.46. The van der Waals surface area contributed by atoms with E-state index in [0.717, 1.165) is 26.2 Å². The molecular formula is C13H20N2O2S. The Kier molecular flexibility index (Phi) is 3.75. The van der Waals surface area contributed by atoms with Crippen LogP contribution >= 0.6 is 0 Å². The number of sulfone groups is 1. The van der Waals surface area contributed by atoms with Gasteiger partial charge in [-0.05, 0) is 26.0 Å². The zero-order valence-electron chi connectivity index (χ0n) is 10.9. The summed E-state index contributed by atoms with van der Waals surface area (Å²) in [5.74, 6) is 0. The van der Waals surface area contributed by atoms with E-state index in [2.05, 4.69) is 5.32 Å². The Balaban J connectivity index is 2.33. The van der Waals surface area contributed by atoms with Gasteiger partial charge in [-0.2, -0.15) is 0 Å². The molecule has 100 valence electrons. The predicted molar refractivity (Wildman–Crippen MR) is 72.1 cm³/mol. The van der Waals surface area contributed by atoms with E-state index in [1.54, 1.807) is 38.1 Å². The van der Waals surface area contributed by atoms with E-state index in [0.29, 0.717) is 4.90 Å². The fourth-order valence-electron chi connectivity index (χ4n) is 2.26. The second kappa shape index (κ2) is 4.99. The van der Waals surface area contributed by atoms with E-state index in [-0.39, 0.29) is 0 Å². The van der Waals surface area contributed by atoms with Gasteiger partial charge in [0.2, 0.25) is 0 Å². The van der Waals surface area contributed by atoms with E-state index in [9.17, 15) is 8.42 Å². The number of nitrogens with zero attached hydrogens (tertiary/aromatic N) is 1. The van der Waals surface area contributed by atoms with Gasteiger partial charge in [-0.3, -0.25) is 4.90 Å². The van der Waals surface area contributed by atoms with Gasteiger partial charge in [-0.1, -0.05) is 18.2 Å². The number of benzene rings is 1. The predicted octanol–water partition coefficient (Wildman–Crippen LogP) is 1.10. The third kappa shape index (κ3) is 2.30. The Morgan fingerprint density at radius 1 is 1.11 bits per heavy atom. The number of nitrogens with one attached hydrogen (secondary N) is 1. The molecule has 0 atom stereocenters. The lowest BCUT2D eigenvalue weighted by molar-refractivity contribution is 0.163. The minimum absolute atomic E-state index is 0.397. The summed E-state index contributed by atoms with van der Waals surface area (Å²) in [6.45, 7) is 6.79. The van der Waals surface area contributed by atoms with Crippen LogP contribution in [0, 0.1) is 0 Å². The topological polar surface area (TPSA) is 49.4 Å². The number of hydrogen-bond acceptors (Lipinski definition) is 4. The van der Waals surface area contributed by atoms with Gasteiger partial charge < -0.3 is 5.32 Å². The molecule has 1 aromatic carbocycles. The fraction of sp³-hybridized carbons (Fsp3) is 0.538. The van der Waals surface area contributed by atoms with Crippen molar-refractivity contribution in [1.82, 2.24) is 10.2 Å². The smallest absolute Gasteiger partial charge is 0.196 e. The van der Waals surface area contributed by atoms with Crippen LogP contribution in [0.5, 0.6) is 0 Å². The summed E-state index contributed by atoms with van der Waals surface area (Å²) in [7, 11) is -3.34. The summed E-state index contributed by atoms with van der Waals surface area (Å²) in [4.78, 5) is 1.57. The van der Waals surface area contributed by atoms with Crippen molar-refractivity contribution in [3.63, 3.8) is 0 Å². The molecule has 1 saturated heterocycles. The number of hydrogen-bond donors (Lipinski definition) is 1. The van der Waals surface area contributed by atoms with Crippen molar-refractivity contribution < 1.29 is 8.42 Å². The maximum absolute atomic E-state index is 12.7. The van der Waals surface area contributed by atoms with Gasteiger partial charge in [0.05, 0.1) is 4.90 Å². The summed E-state index contributed by atoms with van der Waals surface area (Å²) in [5, 5.41) is 3.24. The highest BCUT2D eigenvalue weighted by Crippen LogP contribution is 2.28. The van der Waals surface area contributed by atoms with Crippen molar-refractivity contribution in [2.75, 3.05) is 26.2 Å². The van der Waals surface area contributed by atoms with Crippen LogP contribution in [0.2, 0.25) is 0 Å². The average molecular weight is 268 g/mol. The molecule has 1 aromatic rings. The normalized spacial score (nSPS) is 18.8. The highest BCUT2D eigenvalue weighted by atomic mass is 32.2. The van der Waals surface area contributed by atoms with Gasteiger partial charge in [0.25, 0.3) is 0 Å². The van der Waals surface area contributed by atoms with Gasteiger partial charge in [0.1, 0.15) is 4.87 Å². The molecule has 1 fully saturated rings. The second-order valence-corrected chi connectivity index (χ2v) is 7.48. The first-order valence-corrected chi connectivity index (χ1v) is 7.70. The molecular weight excluding hydrogens is 248 g/mol. The molecule has 1 aliphatic rings. The molecule has 1 aliphatic heterocycles. The molecule has 5 heteroatoms. The summed E-state index contributed by atoms with van der Waals surface area (Å²) in [5.41, 5.74) is 0. The van der Waals surface area contributed by atoms with Crippen LogP contribution in [0.1, 0.15) is 13.8 Å². The molecule has 0 bridgehead atoms. The molecule has 4 nitrogen and oxygen atoms in total. The highest BCUT2D eigenvalue weighted by molar-refractivity contribution is 7.92. The van der Waals surface area contributed by atoms with Crippen molar-refractivity contribution >= 4 is 9.84 Å². The number of piperazine rings is 1. The van der Waals surface area contributed by atoms with Crippen LogP contribution in [0.25, 0.3) is 0 Å². The van der Waals surface area contributed by atoms with Crippen LogP contribution in [0.4, 0.5) is 0 Å². The Morgan fingerprint density at radius 3 is 2.22 bits per heavy atom. The zero-order chi connectivity index (χ0) is 13.2. The van der Waals surface area contributed by atoms with Gasteiger partial charge in [0.15, 0.2) is 9.84 Å². The van der Waals surface area contributed by atoms with E-state index >= 15 is 0 Å². The van der Waals surface area contributed by atoms with E-state index < -0.39 is 14.7 Å². The van der Waals surface area contributed by atoms with Crippen LogP contribution in [-0.2, 0) is 9.84 Å². The van der Waals surface area contributed by atoms with Gasteiger partial charge in [0, 0.05) is 26.2 Å². The molecule has 0 amide bonds. The minimum atomic E-state index is -3.34. The lowest BCUT2D eigenvalue weighted by atomic mass is 10.2. The standard InChI is InChI=1S/C13H20N2O2S/c1-13(2,15-10-8-14-9-11-15)18(16,17)12-6-4-3-5-7-12/h3-7,14H,8-11H2,1-2H3. The lowest BCUT2D eigenvalue weighted by Gasteiger charge is -2.40. The maximum atomic E-state index is 12.7. The molecule has 0 aromatic heterocycles. The SMILES string of the molecule is CC(C)(N1CCNCC1)S(=O)(=O)c1ccccc1. The van der Waals surface area contributed by atoms with Crippen molar-refractivity contribution in [2.24, 2.45) is 0 Å². The van der Waals surface area contributed by atoms with Crippen molar-refractivity contribution in [3.05, 3.63) is 30.3 Å². The lowest BCUT2D eigenvalue weighted by Crippen LogP contribution is -2.56. The summed E-state index contributed by atoms with van der Waals surface area (Å²) >= 11 is 0. The summed E-state index contributed by atoms with van der Waals surface area (Å²) in [6.07, 6.45) is 0. The molecule has 0 saturated carbocycles. The van der Waals surface area contributed by atoms with Crippen molar-refractivity contribution in [2.45, 2.75) is 23.6 Å². The third-order valence-electron chi connectivity index (χ3n) is 3.59. The minimum Gasteiger partial charge on any atom is -0.314 e. The van der Waals surface area contributed by atoms with E-state index in [1.807, 2.05) is 11.0 Å². The number of rotatable bonds is 3. The average Bonchev–Trinajstić information content (AvgIpc) is 2.40. The first kappa shape index (κ1) is 13.5. The zero-order valence-corrected chi connectivity index (χ0v) is 11.7. The Labute approximate surface area is 109 Å². The van der Waals surface area contributed by atoms with E-state index in [1.165, 1.54) is 0 Å². The second-order valence-electron chi connectivity index (χ2n) is 5.00. The molecule has 2 rings (SSSR count). The Bertz CT molecular complexity index is 491. The molecule has 18 heavy (non-hydrogen) atoms. The maximum Gasteiger partial charge on any atom is 0.196 e. The van der Waals surface area contributed by atoms with Gasteiger partial charge in [-0.25, -0.2) is 8.42 Å². The summed E-state index contributed by atoms with van der Waals surface area (Å²) < 4.78 is 25.4.